The number of halogens is 1. The summed E-state index contributed by atoms with van der Waals surface area (Å²) in [5.41, 5.74) is -2.96. The number of carbonyl (C=O) groups excluding carboxylic acids is 4. The molecule has 0 saturated heterocycles. The number of ketones is 1. The molecule has 0 unspecified atom stereocenters. The molecular formula is C20H28FN5O5. The Morgan fingerprint density at radius 3 is 2.39 bits per heavy atom. The van der Waals surface area contributed by atoms with Gasteiger partial charge >= 0.3 is 6.09 Å². The second-order valence-electron chi connectivity index (χ2n) is 8.33. The van der Waals surface area contributed by atoms with Crippen LogP contribution in [-0.4, -0.2) is 57.8 Å². The van der Waals surface area contributed by atoms with Crippen LogP contribution in [0.4, 0.5) is 15.0 Å². The van der Waals surface area contributed by atoms with E-state index in [0.717, 1.165) is 7.11 Å². The van der Waals surface area contributed by atoms with Crippen molar-refractivity contribution in [2.75, 3.05) is 12.4 Å². The SMILES string of the molecule is COC(=O)N[C@H](CC1(F)CCCC1)C(=O)NC1(C(=O)C(=O)Nc2ccn(C)n2)CCC1. The third kappa shape index (κ3) is 5.20. The van der Waals surface area contributed by atoms with Crippen LogP contribution in [0.2, 0.25) is 0 Å². The van der Waals surface area contributed by atoms with Crippen LogP contribution in [-0.2, 0) is 26.2 Å². The van der Waals surface area contributed by atoms with Crippen molar-refractivity contribution in [2.45, 2.75) is 68.6 Å². The molecule has 1 aromatic rings. The van der Waals surface area contributed by atoms with Gasteiger partial charge in [-0.1, -0.05) is 12.8 Å². The van der Waals surface area contributed by atoms with Gasteiger partial charge in [-0.2, -0.15) is 5.10 Å². The number of methoxy groups -OCH3 is 1. The van der Waals surface area contributed by atoms with Crippen LogP contribution in [0.1, 0.15) is 51.4 Å². The van der Waals surface area contributed by atoms with Crippen molar-refractivity contribution < 1.29 is 28.3 Å². The number of hydrogen-bond donors (Lipinski definition) is 3. The standard InChI is InChI=1S/C20H28FN5O5/c1-26-11-6-14(25-26)23-17(29)15(27)20(9-5-10-20)24-16(28)13(22-18(30)31-2)12-19(21)7-3-4-8-19/h6,11,13H,3-5,7-10,12H2,1-2H3,(H,22,30)(H,24,28)(H,23,25,29)/t13-/m1/s1. The Kier molecular flexibility index (Phi) is 6.61. The topological polar surface area (TPSA) is 131 Å². The molecule has 170 valence electrons. The smallest absolute Gasteiger partial charge is 0.407 e. The van der Waals surface area contributed by atoms with Crippen LogP contribution in [0.25, 0.3) is 0 Å². The van der Waals surface area contributed by atoms with E-state index in [4.69, 9.17) is 0 Å². The molecule has 1 heterocycles. The maximum Gasteiger partial charge on any atom is 0.407 e. The molecule has 3 amide bonds. The number of aromatic nitrogens is 2. The maximum absolute atomic E-state index is 15.0. The molecule has 0 aliphatic heterocycles. The monoisotopic (exact) mass is 437 g/mol. The van der Waals surface area contributed by atoms with E-state index in [-0.39, 0.29) is 25.1 Å². The van der Waals surface area contributed by atoms with Crippen LogP contribution in [0.3, 0.4) is 0 Å². The van der Waals surface area contributed by atoms with Crippen molar-refractivity contribution >= 4 is 29.5 Å². The fourth-order valence-electron chi connectivity index (χ4n) is 4.12. The van der Waals surface area contributed by atoms with Crippen LogP contribution in [0, 0.1) is 0 Å². The van der Waals surface area contributed by atoms with E-state index < -0.39 is 40.9 Å². The molecule has 2 saturated carbocycles. The quantitative estimate of drug-likeness (QED) is 0.527. The Labute approximate surface area is 179 Å². The molecule has 3 N–H and O–H groups in total. The molecule has 0 radical (unpaired) electrons. The second-order valence-corrected chi connectivity index (χ2v) is 8.33. The van der Waals surface area contributed by atoms with Crippen molar-refractivity contribution in [1.82, 2.24) is 20.4 Å². The molecule has 2 aliphatic rings. The number of nitrogens with one attached hydrogen (secondary N) is 3. The van der Waals surface area contributed by atoms with Crippen molar-refractivity contribution in [1.29, 1.82) is 0 Å². The first kappa shape index (κ1) is 22.7. The molecule has 0 aromatic carbocycles. The average molecular weight is 437 g/mol. The van der Waals surface area contributed by atoms with E-state index in [0.29, 0.717) is 32.1 Å². The van der Waals surface area contributed by atoms with Crippen molar-refractivity contribution in [3.05, 3.63) is 12.3 Å². The van der Waals surface area contributed by atoms with E-state index in [2.05, 4.69) is 25.8 Å². The number of hydrogen-bond acceptors (Lipinski definition) is 6. The number of nitrogens with zero attached hydrogens (tertiary/aromatic N) is 2. The van der Waals surface area contributed by atoms with Gasteiger partial charge in [0.05, 0.1) is 7.11 Å². The Morgan fingerprint density at radius 2 is 1.87 bits per heavy atom. The average Bonchev–Trinajstić information content (AvgIpc) is 3.31. The van der Waals surface area contributed by atoms with Crippen LogP contribution in [0.15, 0.2) is 12.3 Å². The molecule has 10 nitrogen and oxygen atoms in total. The number of Topliss-reactive ketones (excluding diaryl/α,β-unsaturated/α-hetero) is 1. The minimum Gasteiger partial charge on any atom is -0.453 e. The number of carbonyl (C=O) groups is 4. The first-order valence-electron chi connectivity index (χ1n) is 10.4. The van der Waals surface area contributed by atoms with Gasteiger partial charge in [0.25, 0.3) is 5.91 Å². The van der Waals surface area contributed by atoms with Crippen LogP contribution < -0.4 is 16.0 Å². The lowest BCUT2D eigenvalue weighted by molar-refractivity contribution is -0.144. The predicted molar refractivity (Wildman–Crippen MR) is 108 cm³/mol. The molecule has 1 aromatic heterocycles. The first-order valence-corrected chi connectivity index (χ1v) is 10.4. The molecule has 3 rings (SSSR count). The van der Waals surface area contributed by atoms with Gasteiger partial charge in [0.1, 0.15) is 17.2 Å². The molecular weight excluding hydrogens is 409 g/mol. The van der Waals surface area contributed by atoms with Gasteiger partial charge in [-0.3, -0.25) is 19.1 Å². The van der Waals surface area contributed by atoms with Gasteiger partial charge in [-0.05, 0) is 32.1 Å². The maximum atomic E-state index is 15.0. The second kappa shape index (κ2) is 9.03. The summed E-state index contributed by atoms with van der Waals surface area (Å²) in [6.07, 6.45) is 3.73. The summed E-state index contributed by atoms with van der Waals surface area (Å²) in [4.78, 5) is 50.0. The van der Waals surface area contributed by atoms with E-state index >= 15 is 4.39 Å². The number of alkyl carbamates (subject to hydrolysis) is 1. The van der Waals surface area contributed by atoms with Crippen molar-refractivity contribution in [2.24, 2.45) is 7.05 Å². The summed E-state index contributed by atoms with van der Waals surface area (Å²) in [5, 5.41) is 11.4. The van der Waals surface area contributed by atoms with Gasteiger partial charge in [0.2, 0.25) is 11.7 Å². The van der Waals surface area contributed by atoms with E-state index in [1.54, 1.807) is 13.2 Å². The molecule has 31 heavy (non-hydrogen) atoms. The number of amides is 3. The fourth-order valence-corrected chi connectivity index (χ4v) is 4.12. The summed E-state index contributed by atoms with van der Waals surface area (Å²) in [7, 11) is 2.81. The Bertz CT molecular complexity index is 860. The van der Waals surface area contributed by atoms with Crippen molar-refractivity contribution in [3.8, 4) is 0 Å². The van der Waals surface area contributed by atoms with Gasteiger partial charge < -0.3 is 20.7 Å². The van der Waals surface area contributed by atoms with E-state index in [9.17, 15) is 19.2 Å². The minimum atomic E-state index is -1.57. The highest BCUT2D eigenvalue weighted by Crippen LogP contribution is 2.38. The number of anilines is 1. The van der Waals surface area contributed by atoms with Crippen LogP contribution >= 0.6 is 0 Å². The molecule has 2 aliphatic carbocycles. The number of alkyl halides is 1. The van der Waals surface area contributed by atoms with Crippen LogP contribution in [0.5, 0.6) is 0 Å². The highest BCUT2D eigenvalue weighted by molar-refractivity contribution is 6.44. The zero-order chi connectivity index (χ0) is 22.6. The molecule has 0 spiro atoms. The Balaban J connectivity index is 1.70. The fraction of sp³-hybridized carbons (Fsp3) is 0.650. The zero-order valence-electron chi connectivity index (χ0n) is 17.7. The molecule has 11 heteroatoms. The zero-order valence-corrected chi connectivity index (χ0v) is 17.7. The third-order valence-corrected chi connectivity index (χ3v) is 6.03. The van der Waals surface area contributed by atoms with E-state index in [1.807, 2.05) is 0 Å². The van der Waals surface area contributed by atoms with Crippen molar-refractivity contribution in [3.63, 3.8) is 0 Å². The predicted octanol–water partition coefficient (Wildman–Crippen LogP) is 1.36. The Hall–Kier alpha value is -2.98. The summed E-state index contributed by atoms with van der Waals surface area (Å²) in [6, 6.07) is 0.315. The van der Waals surface area contributed by atoms with Gasteiger partial charge in [0, 0.05) is 25.7 Å². The summed E-state index contributed by atoms with van der Waals surface area (Å²) in [5.74, 6) is -2.19. The summed E-state index contributed by atoms with van der Waals surface area (Å²) in [6.45, 7) is 0. The lowest BCUT2D eigenvalue weighted by atomic mass is 9.73. The van der Waals surface area contributed by atoms with E-state index in [1.165, 1.54) is 10.7 Å². The number of aryl methyl sites for hydroxylation is 1. The van der Waals surface area contributed by atoms with Gasteiger partial charge in [-0.15, -0.1) is 0 Å². The molecule has 1 atom stereocenters. The first-order chi connectivity index (χ1) is 14.7. The summed E-state index contributed by atoms with van der Waals surface area (Å²) >= 11 is 0. The van der Waals surface area contributed by atoms with Gasteiger partial charge in [0.15, 0.2) is 5.82 Å². The minimum absolute atomic E-state index is 0.215. The largest absolute Gasteiger partial charge is 0.453 e. The highest BCUT2D eigenvalue weighted by Gasteiger charge is 2.50. The van der Waals surface area contributed by atoms with Gasteiger partial charge in [-0.25, -0.2) is 9.18 Å². The molecule has 2 fully saturated rings. The third-order valence-electron chi connectivity index (χ3n) is 6.03. The summed E-state index contributed by atoms with van der Waals surface area (Å²) < 4.78 is 21.1. The normalized spacial score (nSPS) is 19.6. The number of rotatable bonds is 8. The molecule has 0 bridgehead atoms. The number of ether oxygens (including phenoxy) is 1. The highest BCUT2D eigenvalue weighted by atomic mass is 19.1. The lowest BCUT2D eigenvalue weighted by Crippen LogP contribution is -2.65. The Morgan fingerprint density at radius 1 is 1.19 bits per heavy atom. The lowest BCUT2D eigenvalue weighted by Gasteiger charge is -2.41.